The summed E-state index contributed by atoms with van der Waals surface area (Å²) in [5.41, 5.74) is 1.13. The summed E-state index contributed by atoms with van der Waals surface area (Å²) in [6.45, 7) is 3.63. The van der Waals surface area contributed by atoms with Gasteiger partial charge in [0.05, 0.1) is 17.3 Å². The van der Waals surface area contributed by atoms with Crippen LogP contribution in [0.5, 0.6) is 0 Å². The summed E-state index contributed by atoms with van der Waals surface area (Å²) in [4.78, 5) is 28.7. The van der Waals surface area contributed by atoms with Crippen LogP contribution in [0, 0.1) is 13.8 Å². The first kappa shape index (κ1) is 26.8. The summed E-state index contributed by atoms with van der Waals surface area (Å²) < 4.78 is 34.2. The molecule has 0 fully saturated rings. The van der Waals surface area contributed by atoms with Gasteiger partial charge in [0, 0.05) is 31.2 Å². The van der Waals surface area contributed by atoms with Gasteiger partial charge in [0.1, 0.15) is 22.4 Å². The van der Waals surface area contributed by atoms with Gasteiger partial charge in [-0.25, -0.2) is 13.4 Å². The van der Waals surface area contributed by atoms with E-state index >= 15 is 0 Å². The summed E-state index contributed by atoms with van der Waals surface area (Å²) in [5, 5.41) is 23.9. The van der Waals surface area contributed by atoms with Crippen molar-refractivity contribution in [1.29, 1.82) is 0 Å². The number of benzene rings is 1. The standard InChI is InChI=1S/C24H27N7O6S/c1-15-22(16(2)37-29-15)38(35,36)30-19(24(33)34)14-27-23(32)17-7-5-8-20-18(17)13-28-31(20)12-6-11-26-21-9-3-4-10-25-21/h3-5,7-10,13,19,30H,6,11-12,14H2,1-2H3,(H,25,26)(H,27,32)(H,33,34). The van der Waals surface area contributed by atoms with E-state index in [9.17, 15) is 23.1 Å². The van der Waals surface area contributed by atoms with Gasteiger partial charge in [0.25, 0.3) is 5.91 Å². The number of amides is 1. The van der Waals surface area contributed by atoms with E-state index in [1.807, 2.05) is 24.3 Å². The van der Waals surface area contributed by atoms with E-state index in [0.29, 0.717) is 18.5 Å². The van der Waals surface area contributed by atoms with Gasteiger partial charge in [-0.3, -0.25) is 14.3 Å². The van der Waals surface area contributed by atoms with Gasteiger partial charge < -0.3 is 20.3 Å². The highest BCUT2D eigenvalue weighted by molar-refractivity contribution is 7.89. The molecule has 0 saturated heterocycles. The first-order valence-corrected chi connectivity index (χ1v) is 13.2. The number of sulfonamides is 1. The maximum absolute atomic E-state index is 13.0. The number of aliphatic carboxylic acids is 1. The highest BCUT2D eigenvalue weighted by atomic mass is 32.2. The topological polar surface area (TPSA) is 181 Å². The number of anilines is 1. The summed E-state index contributed by atoms with van der Waals surface area (Å²) >= 11 is 0. The van der Waals surface area contributed by atoms with E-state index in [2.05, 4.69) is 30.6 Å². The van der Waals surface area contributed by atoms with Crippen molar-refractivity contribution in [1.82, 2.24) is 30.0 Å². The van der Waals surface area contributed by atoms with Crippen LogP contribution in [0.4, 0.5) is 5.82 Å². The summed E-state index contributed by atoms with van der Waals surface area (Å²) in [6.07, 6.45) is 4.04. The maximum Gasteiger partial charge on any atom is 0.323 e. The van der Waals surface area contributed by atoms with Crippen molar-refractivity contribution in [3.05, 3.63) is 65.8 Å². The molecule has 14 heteroatoms. The normalized spacial score (nSPS) is 12.4. The number of carboxylic acids is 1. The van der Waals surface area contributed by atoms with Gasteiger partial charge in [0.2, 0.25) is 10.0 Å². The lowest BCUT2D eigenvalue weighted by atomic mass is 10.1. The zero-order chi connectivity index (χ0) is 27.3. The number of aryl methyl sites for hydroxylation is 3. The molecule has 1 aromatic carbocycles. The third-order valence-corrected chi connectivity index (χ3v) is 7.46. The summed E-state index contributed by atoms with van der Waals surface area (Å²) in [5.74, 6) is -1.20. The molecule has 4 rings (SSSR count). The molecule has 1 atom stereocenters. The molecular formula is C24H27N7O6S. The van der Waals surface area contributed by atoms with Crippen LogP contribution in [-0.4, -0.2) is 64.5 Å². The van der Waals surface area contributed by atoms with Crippen LogP contribution in [0.15, 0.2) is 58.2 Å². The number of fused-ring (bicyclic) bond motifs is 1. The Labute approximate surface area is 218 Å². The number of hydrogen-bond acceptors (Lipinski definition) is 9. The first-order chi connectivity index (χ1) is 18.2. The van der Waals surface area contributed by atoms with Crippen molar-refractivity contribution in [2.75, 3.05) is 18.4 Å². The minimum Gasteiger partial charge on any atom is -0.480 e. The zero-order valence-corrected chi connectivity index (χ0v) is 21.5. The average molecular weight is 542 g/mol. The molecular weight excluding hydrogens is 514 g/mol. The fourth-order valence-corrected chi connectivity index (χ4v) is 5.48. The van der Waals surface area contributed by atoms with Crippen LogP contribution in [0.25, 0.3) is 10.9 Å². The summed E-state index contributed by atoms with van der Waals surface area (Å²) in [6, 6.07) is 9.14. The molecule has 4 aromatic rings. The van der Waals surface area contributed by atoms with Gasteiger partial charge in [0.15, 0.2) is 5.76 Å². The summed E-state index contributed by atoms with van der Waals surface area (Å²) in [7, 11) is -4.26. The second kappa shape index (κ2) is 11.4. The Morgan fingerprint density at radius 2 is 1.97 bits per heavy atom. The molecule has 3 heterocycles. The van der Waals surface area contributed by atoms with E-state index in [-0.39, 0.29) is 21.9 Å². The molecule has 0 aliphatic carbocycles. The Kier molecular flexibility index (Phi) is 8.02. The van der Waals surface area contributed by atoms with Gasteiger partial charge in [-0.05, 0) is 44.5 Å². The monoisotopic (exact) mass is 541 g/mol. The molecule has 3 aromatic heterocycles. The third-order valence-electron chi connectivity index (χ3n) is 5.75. The predicted octanol–water partition coefficient (Wildman–Crippen LogP) is 1.70. The van der Waals surface area contributed by atoms with Crippen LogP contribution in [0.2, 0.25) is 0 Å². The maximum atomic E-state index is 13.0. The van der Waals surface area contributed by atoms with Crippen molar-refractivity contribution in [2.45, 2.75) is 37.8 Å². The number of carbonyl (C=O) groups is 2. The highest BCUT2D eigenvalue weighted by Crippen LogP contribution is 2.20. The Hall–Kier alpha value is -4.30. The van der Waals surface area contributed by atoms with E-state index in [4.69, 9.17) is 4.52 Å². The molecule has 0 radical (unpaired) electrons. The van der Waals surface area contributed by atoms with Crippen LogP contribution >= 0.6 is 0 Å². The highest BCUT2D eigenvalue weighted by Gasteiger charge is 2.30. The van der Waals surface area contributed by atoms with Crippen LogP contribution in [0.1, 0.15) is 28.2 Å². The van der Waals surface area contributed by atoms with Crippen molar-refractivity contribution in [2.24, 2.45) is 0 Å². The third kappa shape index (κ3) is 5.98. The molecule has 13 nitrogen and oxygen atoms in total. The SMILES string of the molecule is Cc1noc(C)c1S(=O)(=O)NC(CNC(=O)c1cccc2c1cnn2CCCNc1ccccn1)C(=O)O. The molecule has 0 aliphatic rings. The van der Waals surface area contributed by atoms with Gasteiger partial charge in [-0.15, -0.1) is 0 Å². The molecule has 4 N–H and O–H groups in total. The number of nitrogens with zero attached hydrogens (tertiary/aromatic N) is 4. The van der Waals surface area contributed by atoms with Crippen molar-refractivity contribution in [3.63, 3.8) is 0 Å². The fourth-order valence-electron chi connectivity index (χ4n) is 3.97. The minimum absolute atomic E-state index is 0.0272. The van der Waals surface area contributed by atoms with E-state index in [0.717, 1.165) is 17.8 Å². The van der Waals surface area contributed by atoms with E-state index in [1.165, 1.54) is 13.8 Å². The minimum atomic E-state index is -4.26. The van der Waals surface area contributed by atoms with E-state index < -0.39 is 34.5 Å². The van der Waals surface area contributed by atoms with Crippen LogP contribution in [0.3, 0.4) is 0 Å². The molecule has 1 unspecified atom stereocenters. The average Bonchev–Trinajstić information content (AvgIpc) is 3.47. The predicted molar refractivity (Wildman–Crippen MR) is 137 cm³/mol. The largest absolute Gasteiger partial charge is 0.480 e. The van der Waals surface area contributed by atoms with Gasteiger partial charge >= 0.3 is 5.97 Å². The van der Waals surface area contributed by atoms with Crippen molar-refractivity contribution in [3.8, 4) is 0 Å². The number of aromatic nitrogens is 4. The second-order valence-electron chi connectivity index (χ2n) is 8.48. The number of nitrogens with one attached hydrogen (secondary N) is 3. The van der Waals surface area contributed by atoms with Gasteiger partial charge in [-0.1, -0.05) is 17.3 Å². The molecule has 0 spiro atoms. The number of carbonyl (C=O) groups excluding carboxylic acids is 1. The second-order valence-corrected chi connectivity index (χ2v) is 10.1. The number of hydrogen-bond donors (Lipinski definition) is 4. The molecule has 38 heavy (non-hydrogen) atoms. The van der Waals surface area contributed by atoms with Crippen LogP contribution in [-0.2, 0) is 21.4 Å². The number of carboxylic acid groups (broad SMARTS) is 1. The molecule has 200 valence electrons. The Morgan fingerprint density at radius 3 is 2.66 bits per heavy atom. The molecule has 0 bridgehead atoms. The molecule has 0 saturated carbocycles. The van der Waals surface area contributed by atoms with Crippen LogP contribution < -0.4 is 15.4 Å². The molecule has 1 amide bonds. The lowest BCUT2D eigenvalue weighted by Gasteiger charge is -2.15. The quantitative estimate of drug-likeness (QED) is 0.193. The van der Waals surface area contributed by atoms with E-state index in [1.54, 1.807) is 29.2 Å². The first-order valence-electron chi connectivity index (χ1n) is 11.7. The van der Waals surface area contributed by atoms with Crippen molar-refractivity contribution < 1.29 is 27.6 Å². The zero-order valence-electron chi connectivity index (χ0n) is 20.7. The van der Waals surface area contributed by atoms with Gasteiger partial charge in [-0.2, -0.15) is 9.82 Å². The molecule has 0 aliphatic heterocycles. The Morgan fingerprint density at radius 1 is 1.16 bits per heavy atom. The smallest absolute Gasteiger partial charge is 0.323 e. The number of rotatable bonds is 12. The fraction of sp³-hybridized carbons (Fsp3) is 0.292. The lowest BCUT2D eigenvalue weighted by molar-refractivity contribution is -0.138. The number of pyridine rings is 1. The Bertz CT molecular complexity index is 1530. The Balaban J connectivity index is 1.40. The lowest BCUT2D eigenvalue weighted by Crippen LogP contribution is -2.48. The van der Waals surface area contributed by atoms with Crippen molar-refractivity contribution >= 4 is 38.6 Å².